The number of rotatable bonds is 3. The van der Waals surface area contributed by atoms with Gasteiger partial charge in [-0.15, -0.1) is 0 Å². The lowest BCUT2D eigenvalue weighted by molar-refractivity contribution is -0.00571. The van der Waals surface area contributed by atoms with Gasteiger partial charge < -0.3 is 14.1 Å². The largest absolute Gasteiger partial charge is 0.469 e. The number of ether oxygens (including phenoxy) is 1. The number of anilines is 1. The van der Waals surface area contributed by atoms with Crippen molar-refractivity contribution in [3.63, 3.8) is 0 Å². The number of aryl methyl sites for hydroxylation is 2. The first-order chi connectivity index (χ1) is 13.0. The van der Waals surface area contributed by atoms with Crippen LogP contribution in [-0.2, 0) is 4.74 Å². The molecular formula is C21H24N4O2. The monoisotopic (exact) mass is 364 g/mol. The van der Waals surface area contributed by atoms with Crippen LogP contribution in [0.5, 0.6) is 0 Å². The van der Waals surface area contributed by atoms with Gasteiger partial charge in [-0.1, -0.05) is 0 Å². The summed E-state index contributed by atoms with van der Waals surface area (Å²) >= 11 is 0. The fourth-order valence-corrected chi connectivity index (χ4v) is 3.63. The zero-order chi connectivity index (χ0) is 19.0. The van der Waals surface area contributed by atoms with Crippen molar-refractivity contribution in [1.29, 1.82) is 0 Å². The van der Waals surface area contributed by atoms with Gasteiger partial charge in [0.1, 0.15) is 5.76 Å². The second-order valence-corrected chi connectivity index (χ2v) is 7.17. The lowest BCUT2D eigenvalue weighted by Gasteiger charge is -2.35. The second kappa shape index (κ2) is 7.12. The highest BCUT2D eigenvalue weighted by Crippen LogP contribution is 2.34. The standard InChI is InChI=1S/C21H24N4O2/c1-13-9-17(5-7-22-13)19-10-23-21(25-11-14(2)27-15(3)12-25)24-20(19)18-6-8-26-16(18)4/h5-10,14-15H,11-12H2,1-4H3/t14-,15-/m0/s1. The molecule has 0 spiro atoms. The molecule has 0 radical (unpaired) electrons. The third-order valence-electron chi connectivity index (χ3n) is 4.80. The van der Waals surface area contributed by atoms with E-state index in [1.165, 1.54) is 0 Å². The molecule has 3 aromatic rings. The van der Waals surface area contributed by atoms with E-state index in [-0.39, 0.29) is 12.2 Å². The lowest BCUT2D eigenvalue weighted by Crippen LogP contribution is -2.46. The number of furan rings is 1. The van der Waals surface area contributed by atoms with E-state index in [0.29, 0.717) is 0 Å². The zero-order valence-corrected chi connectivity index (χ0v) is 16.1. The van der Waals surface area contributed by atoms with Crippen molar-refractivity contribution in [2.45, 2.75) is 39.9 Å². The average Bonchev–Trinajstić information content (AvgIpc) is 3.06. The Kier molecular flexibility index (Phi) is 4.66. The summed E-state index contributed by atoms with van der Waals surface area (Å²) in [5.74, 6) is 1.57. The molecule has 1 fully saturated rings. The molecule has 2 atom stereocenters. The Labute approximate surface area is 159 Å². The SMILES string of the molecule is Cc1cc(-c2cnc(N3C[C@H](C)O[C@@H](C)C3)nc2-c2ccoc2C)ccn1. The molecule has 6 nitrogen and oxygen atoms in total. The predicted octanol–water partition coefficient (Wildman–Crippen LogP) is 4.03. The normalized spacial score (nSPS) is 20.1. The topological polar surface area (TPSA) is 64.3 Å². The molecule has 0 aromatic carbocycles. The summed E-state index contributed by atoms with van der Waals surface area (Å²) in [6, 6.07) is 6.00. The molecule has 0 bridgehead atoms. The Morgan fingerprint density at radius 3 is 2.48 bits per heavy atom. The molecular weight excluding hydrogens is 340 g/mol. The Morgan fingerprint density at radius 2 is 1.81 bits per heavy atom. The van der Waals surface area contributed by atoms with E-state index in [4.69, 9.17) is 14.1 Å². The summed E-state index contributed by atoms with van der Waals surface area (Å²) in [5, 5.41) is 0. The van der Waals surface area contributed by atoms with Crippen LogP contribution < -0.4 is 4.90 Å². The van der Waals surface area contributed by atoms with Gasteiger partial charge in [0, 0.05) is 42.3 Å². The van der Waals surface area contributed by atoms with Crippen molar-refractivity contribution in [2.24, 2.45) is 0 Å². The molecule has 0 unspecified atom stereocenters. The van der Waals surface area contributed by atoms with Crippen molar-refractivity contribution in [1.82, 2.24) is 15.0 Å². The number of aromatic nitrogens is 3. The fraction of sp³-hybridized carbons (Fsp3) is 0.381. The molecule has 4 rings (SSSR count). The summed E-state index contributed by atoms with van der Waals surface area (Å²) in [7, 11) is 0. The number of nitrogens with zero attached hydrogens (tertiary/aromatic N) is 4. The molecule has 1 saturated heterocycles. The van der Waals surface area contributed by atoms with Crippen LogP contribution in [0.1, 0.15) is 25.3 Å². The first-order valence-electron chi connectivity index (χ1n) is 9.26. The van der Waals surface area contributed by atoms with Gasteiger partial charge in [0.15, 0.2) is 0 Å². The van der Waals surface area contributed by atoms with Gasteiger partial charge >= 0.3 is 0 Å². The van der Waals surface area contributed by atoms with E-state index in [0.717, 1.165) is 52.9 Å². The van der Waals surface area contributed by atoms with Crippen LogP contribution in [0.4, 0.5) is 5.95 Å². The minimum atomic E-state index is 0.152. The van der Waals surface area contributed by atoms with E-state index in [1.807, 2.05) is 38.4 Å². The molecule has 0 saturated carbocycles. The molecule has 0 aliphatic carbocycles. The van der Waals surface area contributed by atoms with E-state index in [1.54, 1.807) is 6.26 Å². The first-order valence-corrected chi connectivity index (χ1v) is 9.26. The fourth-order valence-electron chi connectivity index (χ4n) is 3.63. The van der Waals surface area contributed by atoms with Crippen LogP contribution in [0.25, 0.3) is 22.4 Å². The van der Waals surface area contributed by atoms with E-state index < -0.39 is 0 Å². The van der Waals surface area contributed by atoms with Gasteiger partial charge in [0.25, 0.3) is 0 Å². The zero-order valence-electron chi connectivity index (χ0n) is 16.1. The third kappa shape index (κ3) is 3.57. The Balaban J connectivity index is 1.82. The van der Waals surface area contributed by atoms with Crippen LogP contribution in [-0.4, -0.2) is 40.2 Å². The smallest absolute Gasteiger partial charge is 0.226 e. The molecule has 1 aliphatic rings. The van der Waals surface area contributed by atoms with Gasteiger partial charge in [-0.05, 0) is 51.5 Å². The molecule has 4 heterocycles. The summed E-state index contributed by atoms with van der Waals surface area (Å²) in [5.41, 5.74) is 4.85. The maximum Gasteiger partial charge on any atom is 0.226 e. The Bertz CT molecular complexity index is 943. The van der Waals surface area contributed by atoms with Crippen LogP contribution in [0.3, 0.4) is 0 Å². The maximum absolute atomic E-state index is 5.85. The van der Waals surface area contributed by atoms with Gasteiger partial charge in [0.2, 0.25) is 5.95 Å². The van der Waals surface area contributed by atoms with Gasteiger partial charge in [0.05, 0.1) is 24.2 Å². The number of hydrogen-bond acceptors (Lipinski definition) is 6. The number of pyridine rings is 1. The van der Waals surface area contributed by atoms with Crippen molar-refractivity contribution in [3.8, 4) is 22.4 Å². The minimum absolute atomic E-state index is 0.152. The lowest BCUT2D eigenvalue weighted by atomic mass is 10.0. The highest BCUT2D eigenvalue weighted by Gasteiger charge is 2.25. The Morgan fingerprint density at radius 1 is 1.04 bits per heavy atom. The van der Waals surface area contributed by atoms with Gasteiger partial charge in [-0.3, -0.25) is 4.98 Å². The van der Waals surface area contributed by atoms with Crippen LogP contribution >= 0.6 is 0 Å². The van der Waals surface area contributed by atoms with Crippen LogP contribution in [0.15, 0.2) is 41.3 Å². The molecule has 0 N–H and O–H groups in total. The van der Waals surface area contributed by atoms with Gasteiger partial charge in [-0.2, -0.15) is 0 Å². The molecule has 0 amide bonds. The molecule has 27 heavy (non-hydrogen) atoms. The van der Waals surface area contributed by atoms with Crippen molar-refractivity contribution < 1.29 is 9.15 Å². The molecule has 1 aliphatic heterocycles. The quantitative estimate of drug-likeness (QED) is 0.699. The highest BCUT2D eigenvalue weighted by atomic mass is 16.5. The summed E-state index contributed by atoms with van der Waals surface area (Å²) in [6.45, 7) is 9.66. The molecule has 3 aromatic heterocycles. The average molecular weight is 364 g/mol. The third-order valence-corrected chi connectivity index (χ3v) is 4.80. The van der Waals surface area contributed by atoms with E-state index >= 15 is 0 Å². The maximum atomic E-state index is 5.85. The second-order valence-electron chi connectivity index (χ2n) is 7.17. The Hall–Kier alpha value is -2.73. The predicted molar refractivity (Wildman–Crippen MR) is 105 cm³/mol. The minimum Gasteiger partial charge on any atom is -0.469 e. The first kappa shape index (κ1) is 17.7. The van der Waals surface area contributed by atoms with E-state index in [9.17, 15) is 0 Å². The molecule has 140 valence electrons. The summed E-state index contributed by atoms with van der Waals surface area (Å²) in [6.07, 6.45) is 5.73. The highest BCUT2D eigenvalue weighted by molar-refractivity contribution is 5.81. The number of morpholine rings is 1. The van der Waals surface area contributed by atoms with Crippen LogP contribution in [0, 0.1) is 13.8 Å². The van der Waals surface area contributed by atoms with Gasteiger partial charge in [-0.25, -0.2) is 9.97 Å². The summed E-state index contributed by atoms with van der Waals surface area (Å²) < 4.78 is 11.4. The van der Waals surface area contributed by atoms with Crippen molar-refractivity contribution in [2.75, 3.05) is 18.0 Å². The summed E-state index contributed by atoms with van der Waals surface area (Å²) in [4.78, 5) is 16.1. The number of hydrogen-bond donors (Lipinski definition) is 0. The van der Waals surface area contributed by atoms with Crippen LogP contribution in [0.2, 0.25) is 0 Å². The van der Waals surface area contributed by atoms with E-state index in [2.05, 4.69) is 34.8 Å². The van der Waals surface area contributed by atoms with Crippen molar-refractivity contribution >= 4 is 5.95 Å². The molecule has 6 heteroatoms. The van der Waals surface area contributed by atoms with Crippen molar-refractivity contribution in [3.05, 3.63) is 48.3 Å².